The lowest BCUT2D eigenvalue weighted by Gasteiger charge is -2.32. The molecule has 0 radical (unpaired) electrons. The fourth-order valence-corrected chi connectivity index (χ4v) is 8.12. The van der Waals surface area contributed by atoms with Crippen molar-refractivity contribution in [1.29, 1.82) is 0 Å². The van der Waals surface area contributed by atoms with Crippen molar-refractivity contribution in [2.75, 3.05) is 10.8 Å². The average Bonchev–Trinajstić information content (AvgIpc) is 3.51. The van der Waals surface area contributed by atoms with Gasteiger partial charge in [0.05, 0.1) is 10.6 Å². The third kappa shape index (κ3) is 5.54. The Morgan fingerprint density at radius 1 is 1.02 bits per heavy atom. The Balaban J connectivity index is 1.35. The Hall–Kier alpha value is -2.81. The van der Waals surface area contributed by atoms with E-state index in [1.165, 1.54) is 4.31 Å². The van der Waals surface area contributed by atoms with E-state index in [1.54, 1.807) is 41.3 Å². The molecule has 0 bridgehead atoms. The number of carbonyl (C=O) groups is 2. The number of benzene rings is 3. The Labute approximate surface area is 245 Å². The second-order valence-electron chi connectivity index (χ2n) is 10.4. The lowest BCUT2D eigenvalue weighted by Crippen LogP contribution is -2.51. The summed E-state index contributed by atoms with van der Waals surface area (Å²) in [5.74, 6) is -0.438. The van der Waals surface area contributed by atoms with Gasteiger partial charge < -0.3 is 10.2 Å². The van der Waals surface area contributed by atoms with Crippen LogP contribution in [-0.2, 0) is 26.2 Å². The molecule has 1 unspecified atom stereocenters. The zero-order valence-electron chi connectivity index (χ0n) is 22.4. The SMILES string of the molecule is CCC(C(=O)NC1CCCC1)N(Cc1c(Cl)cccc1Cl)C(=O)CCCN1c2cccc3cccc(c23)S1(=O)=O. The molecule has 1 heterocycles. The van der Waals surface area contributed by atoms with Gasteiger partial charge in [0.2, 0.25) is 11.8 Å². The van der Waals surface area contributed by atoms with E-state index < -0.39 is 16.1 Å². The van der Waals surface area contributed by atoms with Gasteiger partial charge in [0.15, 0.2) is 0 Å². The highest BCUT2D eigenvalue weighted by Gasteiger charge is 2.36. The first-order chi connectivity index (χ1) is 19.2. The maximum Gasteiger partial charge on any atom is 0.265 e. The number of hydrogen-bond acceptors (Lipinski definition) is 4. The molecule has 1 fully saturated rings. The van der Waals surface area contributed by atoms with Gasteiger partial charge in [-0.3, -0.25) is 13.9 Å². The van der Waals surface area contributed by atoms with Gasteiger partial charge in [0.25, 0.3) is 10.0 Å². The standard InChI is InChI=1S/C30H33Cl2N3O4S/c1-2-25(30(37)33-21-11-3-4-12-21)34(19-22-23(31)13-7-14-24(22)32)28(36)17-8-18-35-26-15-5-9-20-10-6-16-27(29(20)26)40(35,38)39/h5-7,9-10,13-16,21,25H,2-4,8,11-12,17-19H2,1H3,(H,33,37). The van der Waals surface area contributed by atoms with Crippen molar-refractivity contribution in [1.82, 2.24) is 10.2 Å². The van der Waals surface area contributed by atoms with Crippen molar-refractivity contribution in [2.45, 2.75) is 75.4 Å². The summed E-state index contributed by atoms with van der Waals surface area (Å²) in [7, 11) is -3.71. The summed E-state index contributed by atoms with van der Waals surface area (Å²) in [6.45, 7) is 2.11. The summed E-state index contributed by atoms with van der Waals surface area (Å²) in [5, 5.41) is 5.54. The zero-order chi connectivity index (χ0) is 28.4. The van der Waals surface area contributed by atoms with E-state index in [9.17, 15) is 18.0 Å². The normalized spacial score (nSPS) is 16.8. The first-order valence-electron chi connectivity index (χ1n) is 13.8. The Morgan fingerprint density at radius 3 is 2.35 bits per heavy atom. The summed E-state index contributed by atoms with van der Waals surface area (Å²) in [5.41, 5.74) is 1.21. The molecule has 5 rings (SSSR count). The molecule has 3 aromatic carbocycles. The van der Waals surface area contributed by atoms with Gasteiger partial charge in [-0.15, -0.1) is 0 Å². The minimum absolute atomic E-state index is 0.0631. The maximum absolute atomic E-state index is 13.7. The van der Waals surface area contributed by atoms with Crippen molar-refractivity contribution in [3.05, 3.63) is 70.2 Å². The number of rotatable bonds is 10. The summed E-state index contributed by atoms with van der Waals surface area (Å²) in [4.78, 5) is 29.0. The van der Waals surface area contributed by atoms with Crippen molar-refractivity contribution in [3.8, 4) is 0 Å². The molecule has 2 aliphatic rings. The van der Waals surface area contributed by atoms with Crippen molar-refractivity contribution in [2.24, 2.45) is 0 Å². The molecule has 1 saturated carbocycles. The van der Waals surface area contributed by atoms with E-state index in [1.807, 2.05) is 25.1 Å². The summed E-state index contributed by atoms with van der Waals surface area (Å²) >= 11 is 12.9. The smallest absolute Gasteiger partial charge is 0.265 e. The van der Waals surface area contributed by atoms with E-state index in [0.29, 0.717) is 33.1 Å². The highest BCUT2D eigenvalue weighted by atomic mass is 35.5. The molecule has 3 aromatic rings. The predicted molar refractivity (Wildman–Crippen MR) is 159 cm³/mol. The molecule has 10 heteroatoms. The molecule has 7 nitrogen and oxygen atoms in total. The molecular formula is C30H33Cl2N3O4S. The highest BCUT2D eigenvalue weighted by Crippen LogP contribution is 2.42. The third-order valence-corrected chi connectivity index (χ3v) is 10.5. The molecule has 0 spiro atoms. The number of carbonyl (C=O) groups excluding carboxylic acids is 2. The minimum Gasteiger partial charge on any atom is -0.352 e. The van der Waals surface area contributed by atoms with Gasteiger partial charge in [-0.25, -0.2) is 8.42 Å². The predicted octanol–water partition coefficient (Wildman–Crippen LogP) is 6.30. The first kappa shape index (κ1) is 28.7. The van der Waals surface area contributed by atoms with Crippen LogP contribution in [0.25, 0.3) is 10.8 Å². The molecule has 1 aliphatic carbocycles. The van der Waals surface area contributed by atoms with Crippen molar-refractivity contribution >= 4 is 61.5 Å². The zero-order valence-corrected chi connectivity index (χ0v) is 24.7. The molecule has 40 heavy (non-hydrogen) atoms. The fourth-order valence-electron chi connectivity index (χ4n) is 5.86. The molecule has 212 valence electrons. The number of nitrogens with one attached hydrogen (secondary N) is 1. The lowest BCUT2D eigenvalue weighted by atomic mass is 10.1. The van der Waals surface area contributed by atoms with Gasteiger partial charge in [0, 0.05) is 46.5 Å². The first-order valence-corrected chi connectivity index (χ1v) is 16.0. The number of halogens is 2. The second-order valence-corrected chi connectivity index (χ2v) is 13.1. The summed E-state index contributed by atoms with van der Waals surface area (Å²) in [6, 6.07) is 15.4. The molecule has 1 aliphatic heterocycles. The Morgan fingerprint density at radius 2 is 1.68 bits per heavy atom. The van der Waals surface area contributed by atoms with E-state index in [2.05, 4.69) is 5.32 Å². The van der Waals surface area contributed by atoms with Crippen LogP contribution in [0.2, 0.25) is 10.0 Å². The van der Waals surface area contributed by atoms with Gasteiger partial charge in [-0.05, 0) is 55.3 Å². The molecule has 0 saturated heterocycles. The van der Waals surface area contributed by atoms with Crippen LogP contribution in [0.3, 0.4) is 0 Å². The molecule has 2 amide bonds. The highest BCUT2D eigenvalue weighted by molar-refractivity contribution is 7.93. The van der Waals surface area contributed by atoms with Gasteiger partial charge in [-0.2, -0.15) is 0 Å². The number of sulfonamides is 1. The van der Waals surface area contributed by atoms with E-state index in [-0.39, 0.29) is 48.7 Å². The summed E-state index contributed by atoms with van der Waals surface area (Å²) in [6.07, 6.45) is 4.80. The van der Waals surface area contributed by atoms with Crippen LogP contribution in [0.5, 0.6) is 0 Å². The molecule has 1 N–H and O–H groups in total. The van der Waals surface area contributed by atoms with Crippen LogP contribution in [-0.4, -0.2) is 43.8 Å². The lowest BCUT2D eigenvalue weighted by molar-refractivity contribution is -0.141. The number of amides is 2. The third-order valence-electron chi connectivity index (χ3n) is 7.91. The molecular weight excluding hydrogens is 569 g/mol. The maximum atomic E-state index is 13.7. The largest absolute Gasteiger partial charge is 0.352 e. The Kier molecular flexibility index (Phi) is 8.59. The van der Waals surface area contributed by atoms with Gasteiger partial charge in [-0.1, -0.05) is 73.3 Å². The van der Waals surface area contributed by atoms with E-state index in [0.717, 1.165) is 31.1 Å². The van der Waals surface area contributed by atoms with Crippen LogP contribution in [0.4, 0.5) is 5.69 Å². The molecule has 1 atom stereocenters. The summed E-state index contributed by atoms with van der Waals surface area (Å²) < 4.78 is 28.1. The number of nitrogens with zero attached hydrogens (tertiary/aromatic N) is 2. The van der Waals surface area contributed by atoms with Crippen LogP contribution in [0.15, 0.2) is 59.5 Å². The van der Waals surface area contributed by atoms with Crippen LogP contribution < -0.4 is 9.62 Å². The van der Waals surface area contributed by atoms with E-state index >= 15 is 0 Å². The van der Waals surface area contributed by atoms with Gasteiger partial charge in [0.1, 0.15) is 6.04 Å². The second kappa shape index (κ2) is 12.0. The fraction of sp³-hybridized carbons (Fsp3) is 0.400. The van der Waals surface area contributed by atoms with Crippen LogP contribution in [0.1, 0.15) is 57.4 Å². The van der Waals surface area contributed by atoms with Gasteiger partial charge >= 0.3 is 0 Å². The van der Waals surface area contributed by atoms with E-state index in [4.69, 9.17) is 23.2 Å². The average molecular weight is 603 g/mol. The number of anilines is 1. The number of hydrogen-bond donors (Lipinski definition) is 1. The quantitative estimate of drug-likeness (QED) is 0.295. The van der Waals surface area contributed by atoms with Crippen LogP contribution in [0, 0.1) is 0 Å². The molecule has 0 aromatic heterocycles. The van der Waals surface area contributed by atoms with Crippen LogP contribution >= 0.6 is 23.2 Å². The minimum atomic E-state index is -3.71. The van der Waals surface area contributed by atoms with Crippen molar-refractivity contribution < 1.29 is 18.0 Å². The monoisotopic (exact) mass is 601 g/mol. The van der Waals surface area contributed by atoms with Crippen molar-refractivity contribution in [3.63, 3.8) is 0 Å². The Bertz CT molecular complexity index is 1510. The topological polar surface area (TPSA) is 86.8 Å².